The monoisotopic (exact) mass is 512 g/mol. The maximum absolute atomic E-state index is 11.7. The van der Waals surface area contributed by atoms with Gasteiger partial charge in [-0.1, -0.05) is 30.3 Å². The quantitative estimate of drug-likeness (QED) is 0.358. The molecule has 1 fully saturated rings. The molecule has 1 aromatic carbocycles. The highest BCUT2D eigenvalue weighted by molar-refractivity contribution is 5.98. The van der Waals surface area contributed by atoms with Crippen LogP contribution in [0.2, 0.25) is 0 Å². The van der Waals surface area contributed by atoms with E-state index in [1.165, 1.54) is 12.5 Å². The maximum atomic E-state index is 11.7. The van der Waals surface area contributed by atoms with Crippen molar-refractivity contribution < 1.29 is 19.0 Å². The third kappa shape index (κ3) is 4.66. The molecule has 2 aliphatic rings. The van der Waals surface area contributed by atoms with Crippen LogP contribution in [0.4, 0.5) is 5.82 Å². The van der Waals surface area contributed by atoms with E-state index >= 15 is 0 Å². The number of pyridine rings is 2. The van der Waals surface area contributed by atoms with Crippen LogP contribution in [0.15, 0.2) is 54.9 Å². The zero-order valence-electron chi connectivity index (χ0n) is 21.8. The number of fused-ring (bicyclic) bond motifs is 3. The second-order valence-corrected chi connectivity index (χ2v) is 10.1. The molecule has 1 spiro atoms. The fourth-order valence-corrected chi connectivity index (χ4v) is 5.53. The Bertz CT molecular complexity index is 1470. The molecule has 1 amide bonds. The number of hydrogen-bond acceptors (Lipinski definition) is 6. The van der Waals surface area contributed by atoms with Crippen LogP contribution in [0.1, 0.15) is 36.6 Å². The number of nitrogens with zero attached hydrogens (tertiary/aromatic N) is 3. The third-order valence-electron chi connectivity index (χ3n) is 7.40. The molecule has 6 rings (SSSR count). The van der Waals surface area contributed by atoms with Gasteiger partial charge in [0.25, 0.3) is 0 Å². The minimum atomic E-state index is -0.542. The van der Waals surface area contributed by atoms with E-state index in [2.05, 4.69) is 46.8 Å². The Morgan fingerprint density at radius 2 is 2.08 bits per heavy atom. The van der Waals surface area contributed by atoms with Gasteiger partial charge in [0, 0.05) is 62.2 Å². The van der Waals surface area contributed by atoms with Crippen molar-refractivity contribution in [3.63, 3.8) is 0 Å². The van der Waals surface area contributed by atoms with Crippen molar-refractivity contribution in [1.29, 1.82) is 0 Å². The number of aryl methyl sites for hydroxylation is 2. The standard InChI is InChI=1S/C30H32N4O4/c1-20(35)32-28-15-23-24(18-34(2)26(23)17-31-28)25-16-27(37-12-6-9-21-7-4-3-5-8-21)22-10-13-38-30(29(22)33-25)11-14-36-19-30/h3-5,7-8,15-18H,6,9-14,19H2,1-2H3,(H,31,32,35). The Labute approximate surface area is 222 Å². The zero-order valence-corrected chi connectivity index (χ0v) is 21.8. The first kappa shape index (κ1) is 24.6. The molecule has 3 aromatic heterocycles. The molecule has 8 nitrogen and oxygen atoms in total. The lowest BCUT2D eigenvalue weighted by molar-refractivity contribution is -0.114. The number of carbonyl (C=O) groups excluding carboxylic acids is 1. The first-order valence-electron chi connectivity index (χ1n) is 13.2. The number of amides is 1. The molecule has 5 heterocycles. The fourth-order valence-electron chi connectivity index (χ4n) is 5.53. The number of carbonyl (C=O) groups is 1. The van der Waals surface area contributed by atoms with Crippen molar-refractivity contribution in [2.24, 2.45) is 7.05 Å². The lowest BCUT2D eigenvalue weighted by atomic mass is 9.89. The Morgan fingerprint density at radius 1 is 1.21 bits per heavy atom. The second kappa shape index (κ2) is 10.2. The van der Waals surface area contributed by atoms with Crippen LogP contribution < -0.4 is 10.1 Å². The van der Waals surface area contributed by atoms with Crippen molar-refractivity contribution in [1.82, 2.24) is 14.5 Å². The van der Waals surface area contributed by atoms with E-state index in [1.54, 1.807) is 6.20 Å². The summed E-state index contributed by atoms with van der Waals surface area (Å²) in [6, 6.07) is 14.4. The van der Waals surface area contributed by atoms with Gasteiger partial charge in [0.15, 0.2) is 0 Å². The van der Waals surface area contributed by atoms with Gasteiger partial charge in [-0.3, -0.25) is 4.79 Å². The maximum Gasteiger partial charge on any atom is 0.222 e. The molecule has 8 heteroatoms. The first-order chi connectivity index (χ1) is 18.5. The Balaban J connectivity index is 1.39. The van der Waals surface area contributed by atoms with E-state index in [0.29, 0.717) is 32.2 Å². The molecule has 38 heavy (non-hydrogen) atoms. The van der Waals surface area contributed by atoms with Crippen LogP contribution in [0, 0.1) is 0 Å². The average molecular weight is 513 g/mol. The Hall–Kier alpha value is -3.75. The SMILES string of the molecule is CC(=O)Nc1cc2c(-c3cc(OCCCc4ccccc4)c4c(n3)C3(CCOC3)OCC4)cn(C)c2cn1. The lowest BCUT2D eigenvalue weighted by Crippen LogP contribution is -2.37. The van der Waals surface area contributed by atoms with Crippen molar-refractivity contribution >= 4 is 22.6 Å². The molecule has 2 aliphatic heterocycles. The Kier molecular flexibility index (Phi) is 6.59. The van der Waals surface area contributed by atoms with Crippen LogP contribution >= 0.6 is 0 Å². The third-order valence-corrected chi connectivity index (χ3v) is 7.40. The summed E-state index contributed by atoms with van der Waals surface area (Å²) in [5.74, 6) is 1.21. The van der Waals surface area contributed by atoms with Gasteiger partial charge < -0.3 is 24.1 Å². The van der Waals surface area contributed by atoms with Crippen molar-refractivity contribution in [2.45, 2.75) is 38.2 Å². The van der Waals surface area contributed by atoms with Crippen LogP contribution in [0.3, 0.4) is 0 Å². The minimum Gasteiger partial charge on any atom is -0.493 e. The molecule has 4 aromatic rings. The lowest BCUT2D eigenvalue weighted by Gasteiger charge is -2.34. The number of nitrogens with one attached hydrogen (secondary N) is 1. The van der Waals surface area contributed by atoms with E-state index in [4.69, 9.17) is 19.2 Å². The normalized spacial score (nSPS) is 18.6. The van der Waals surface area contributed by atoms with Gasteiger partial charge in [-0.25, -0.2) is 9.97 Å². The highest BCUT2D eigenvalue weighted by Gasteiger charge is 2.44. The topological polar surface area (TPSA) is 87.5 Å². The molecular weight excluding hydrogens is 480 g/mol. The second-order valence-electron chi connectivity index (χ2n) is 10.1. The van der Waals surface area contributed by atoms with E-state index in [9.17, 15) is 4.79 Å². The number of anilines is 1. The van der Waals surface area contributed by atoms with Gasteiger partial charge in [0.2, 0.25) is 5.91 Å². The number of ether oxygens (including phenoxy) is 3. The highest BCUT2D eigenvalue weighted by atomic mass is 16.6. The largest absolute Gasteiger partial charge is 0.493 e. The van der Waals surface area contributed by atoms with Crippen LogP contribution in [0.25, 0.3) is 22.2 Å². The smallest absolute Gasteiger partial charge is 0.222 e. The van der Waals surface area contributed by atoms with Gasteiger partial charge in [-0.05, 0) is 24.5 Å². The molecular formula is C30H32N4O4. The number of hydrogen-bond donors (Lipinski definition) is 1. The first-order valence-corrected chi connectivity index (χ1v) is 13.2. The van der Waals surface area contributed by atoms with Gasteiger partial charge in [0.05, 0.1) is 42.9 Å². The zero-order chi connectivity index (χ0) is 26.1. The number of aromatic nitrogens is 3. The summed E-state index contributed by atoms with van der Waals surface area (Å²) >= 11 is 0. The van der Waals surface area contributed by atoms with E-state index in [-0.39, 0.29) is 5.91 Å². The summed E-state index contributed by atoms with van der Waals surface area (Å²) in [6.45, 7) is 3.86. The molecule has 0 radical (unpaired) electrons. The van der Waals surface area contributed by atoms with Crippen molar-refractivity contribution in [3.05, 3.63) is 71.7 Å². The molecule has 1 N–H and O–H groups in total. The summed E-state index contributed by atoms with van der Waals surface area (Å²) in [7, 11) is 1.99. The fraction of sp³-hybridized carbons (Fsp3) is 0.367. The minimum absolute atomic E-state index is 0.159. The highest BCUT2D eigenvalue weighted by Crippen LogP contribution is 2.44. The average Bonchev–Trinajstić information content (AvgIpc) is 3.52. The molecule has 1 atom stereocenters. The summed E-state index contributed by atoms with van der Waals surface area (Å²) in [4.78, 5) is 21.3. The van der Waals surface area contributed by atoms with Gasteiger partial charge in [-0.2, -0.15) is 0 Å². The van der Waals surface area contributed by atoms with Crippen LogP contribution in [-0.4, -0.2) is 46.9 Å². The van der Waals surface area contributed by atoms with Gasteiger partial charge in [0.1, 0.15) is 17.2 Å². The summed E-state index contributed by atoms with van der Waals surface area (Å²) in [6.07, 6.45) is 7.24. The number of benzene rings is 1. The molecule has 0 aliphatic carbocycles. The van der Waals surface area contributed by atoms with E-state index in [1.807, 2.05) is 23.7 Å². The molecule has 1 saturated heterocycles. The predicted molar refractivity (Wildman–Crippen MR) is 145 cm³/mol. The summed E-state index contributed by atoms with van der Waals surface area (Å²) < 4.78 is 20.6. The molecule has 0 saturated carbocycles. The summed E-state index contributed by atoms with van der Waals surface area (Å²) in [5.41, 5.74) is 5.52. The van der Waals surface area contributed by atoms with E-state index < -0.39 is 5.60 Å². The summed E-state index contributed by atoms with van der Waals surface area (Å²) in [5, 5.41) is 3.75. The molecule has 1 unspecified atom stereocenters. The molecule has 196 valence electrons. The Morgan fingerprint density at radius 3 is 2.87 bits per heavy atom. The van der Waals surface area contributed by atoms with Gasteiger partial charge >= 0.3 is 0 Å². The van der Waals surface area contributed by atoms with Crippen molar-refractivity contribution in [3.8, 4) is 17.0 Å². The molecule has 0 bridgehead atoms. The van der Waals surface area contributed by atoms with Gasteiger partial charge in [-0.15, -0.1) is 0 Å². The van der Waals surface area contributed by atoms with Crippen molar-refractivity contribution in [2.75, 3.05) is 31.7 Å². The number of rotatable bonds is 7. The van der Waals surface area contributed by atoms with Crippen LogP contribution in [0.5, 0.6) is 5.75 Å². The van der Waals surface area contributed by atoms with E-state index in [0.717, 1.165) is 64.9 Å². The predicted octanol–water partition coefficient (Wildman–Crippen LogP) is 4.79. The van der Waals surface area contributed by atoms with Crippen LogP contribution in [-0.2, 0) is 39.8 Å².